The number of hydrogen-bond donors (Lipinski definition) is 1. The maximum atomic E-state index is 13.4. The first-order chi connectivity index (χ1) is 12.0. The third-order valence-electron chi connectivity index (χ3n) is 4.27. The molecule has 0 saturated carbocycles. The van der Waals surface area contributed by atoms with E-state index in [1.165, 1.54) is 29.0 Å². The molecule has 0 radical (unpaired) electrons. The van der Waals surface area contributed by atoms with Crippen molar-refractivity contribution in [2.75, 3.05) is 11.5 Å². The van der Waals surface area contributed by atoms with Crippen LogP contribution in [0.3, 0.4) is 0 Å². The van der Waals surface area contributed by atoms with Crippen molar-refractivity contribution in [2.24, 2.45) is 0 Å². The van der Waals surface area contributed by atoms with Crippen molar-refractivity contribution < 1.29 is 4.39 Å². The molecule has 6 heteroatoms. The molecule has 0 amide bonds. The van der Waals surface area contributed by atoms with E-state index in [0.717, 1.165) is 34.3 Å². The lowest BCUT2D eigenvalue weighted by Crippen LogP contribution is -2.20. The van der Waals surface area contributed by atoms with E-state index in [1.807, 2.05) is 35.7 Å². The fourth-order valence-corrected chi connectivity index (χ4v) is 6.66. The van der Waals surface area contributed by atoms with E-state index in [1.54, 1.807) is 11.3 Å². The first-order valence-electron chi connectivity index (χ1n) is 8.25. The molecule has 0 spiro atoms. The molecule has 3 heterocycles. The van der Waals surface area contributed by atoms with Crippen LogP contribution in [0.4, 0.5) is 4.39 Å². The van der Waals surface area contributed by atoms with Gasteiger partial charge >= 0.3 is 0 Å². The van der Waals surface area contributed by atoms with Crippen LogP contribution in [0.5, 0.6) is 0 Å². The number of benzene rings is 1. The Bertz CT molecular complexity index is 876. The number of H-pyrrole nitrogens is 1. The minimum absolute atomic E-state index is 0.0580. The van der Waals surface area contributed by atoms with Crippen LogP contribution >= 0.6 is 34.9 Å². The first-order valence-corrected chi connectivity index (χ1v) is 11.1. The molecule has 1 saturated heterocycles. The summed E-state index contributed by atoms with van der Waals surface area (Å²) in [7, 11) is 0. The number of hydrogen-bond acceptors (Lipinski definition) is 4. The van der Waals surface area contributed by atoms with Gasteiger partial charge in [-0.05, 0) is 73.0 Å². The van der Waals surface area contributed by atoms with Gasteiger partial charge in [0.1, 0.15) is 15.7 Å². The van der Waals surface area contributed by atoms with Gasteiger partial charge in [0.25, 0.3) is 0 Å². The Morgan fingerprint density at radius 3 is 2.52 bits per heavy atom. The van der Waals surface area contributed by atoms with Crippen LogP contribution in [-0.2, 0) is 4.08 Å². The summed E-state index contributed by atoms with van der Waals surface area (Å²) in [6.45, 7) is 4.35. The zero-order chi connectivity index (χ0) is 17.4. The van der Waals surface area contributed by atoms with Gasteiger partial charge in [-0.15, -0.1) is 34.9 Å². The molecule has 4 rings (SSSR count). The van der Waals surface area contributed by atoms with Gasteiger partial charge in [0.15, 0.2) is 0 Å². The van der Waals surface area contributed by atoms with Gasteiger partial charge in [-0.3, -0.25) is 0 Å². The molecule has 0 unspecified atom stereocenters. The molecule has 1 aliphatic heterocycles. The molecule has 0 atom stereocenters. The molecular formula is C19H19FN2S3. The van der Waals surface area contributed by atoms with Crippen LogP contribution in [0.2, 0.25) is 0 Å². The Morgan fingerprint density at radius 2 is 1.88 bits per heavy atom. The highest BCUT2D eigenvalue weighted by Gasteiger charge is 2.34. The Morgan fingerprint density at radius 1 is 1.16 bits per heavy atom. The minimum atomic E-state index is -0.224. The number of aromatic amines is 1. The normalized spacial score (nSPS) is 16.9. The molecule has 130 valence electrons. The average molecular weight is 391 g/mol. The summed E-state index contributed by atoms with van der Waals surface area (Å²) in [5.74, 6) is 3.09. The third-order valence-corrected chi connectivity index (χ3v) is 8.52. The summed E-state index contributed by atoms with van der Waals surface area (Å²) in [5.41, 5.74) is 4.13. The van der Waals surface area contributed by atoms with Gasteiger partial charge in [0.2, 0.25) is 0 Å². The van der Waals surface area contributed by atoms with Gasteiger partial charge in [0, 0.05) is 5.56 Å². The van der Waals surface area contributed by atoms with E-state index in [-0.39, 0.29) is 9.90 Å². The fraction of sp³-hybridized carbons (Fsp3) is 0.316. The number of thiophene rings is 1. The number of nitrogens with zero attached hydrogens (tertiary/aromatic N) is 1. The smallest absolute Gasteiger partial charge is 0.133 e. The zero-order valence-electron chi connectivity index (χ0n) is 14.1. The van der Waals surface area contributed by atoms with Crippen molar-refractivity contribution in [3.8, 4) is 21.8 Å². The van der Waals surface area contributed by atoms with E-state index in [9.17, 15) is 4.39 Å². The Balaban J connectivity index is 1.84. The lowest BCUT2D eigenvalue weighted by molar-refractivity contribution is 0.628. The highest BCUT2D eigenvalue weighted by Crippen LogP contribution is 2.50. The summed E-state index contributed by atoms with van der Waals surface area (Å²) in [4.78, 5) is 9.75. The second-order valence-corrected chi connectivity index (χ2v) is 10.5. The number of halogens is 1. The van der Waals surface area contributed by atoms with Crippen molar-refractivity contribution in [1.29, 1.82) is 0 Å². The molecule has 1 fully saturated rings. The van der Waals surface area contributed by atoms with Gasteiger partial charge in [-0.2, -0.15) is 0 Å². The maximum Gasteiger partial charge on any atom is 0.133 e. The number of thioether (sulfide) groups is 2. The predicted molar refractivity (Wildman–Crippen MR) is 109 cm³/mol. The van der Waals surface area contributed by atoms with Crippen LogP contribution in [-0.4, -0.2) is 21.5 Å². The summed E-state index contributed by atoms with van der Waals surface area (Å²) < 4.78 is 13.3. The Hall–Kier alpha value is -1.24. The zero-order valence-corrected chi connectivity index (χ0v) is 16.6. The molecule has 1 aromatic carbocycles. The topological polar surface area (TPSA) is 28.7 Å². The van der Waals surface area contributed by atoms with Gasteiger partial charge in [0.05, 0.1) is 16.3 Å². The lowest BCUT2D eigenvalue weighted by atomic mass is 10.1. The largest absolute Gasteiger partial charge is 0.339 e. The quantitative estimate of drug-likeness (QED) is 0.569. The van der Waals surface area contributed by atoms with Crippen molar-refractivity contribution in [1.82, 2.24) is 9.97 Å². The Kier molecular flexibility index (Phi) is 4.69. The number of aryl methyl sites for hydroxylation is 1. The number of imidazole rings is 1. The summed E-state index contributed by atoms with van der Waals surface area (Å²) in [5, 5.41) is 2.15. The third kappa shape index (κ3) is 3.39. The monoisotopic (exact) mass is 390 g/mol. The molecule has 25 heavy (non-hydrogen) atoms. The Labute approximate surface area is 159 Å². The van der Waals surface area contributed by atoms with Crippen LogP contribution in [0.25, 0.3) is 21.8 Å². The van der Waals surface area contributed by atoms with Crippen molar-refractivity contribution in [3.05, 3.63) is 52.9 Å². The van der Waals surface area contributed by atoms with E-state index in [4.69, 9.17) is 4.98 Å². The minimum Gasteiger partial charge on any atom is -0.339 e. The SMILES string of the molecule is Cc1csc(-c2[nH]c(C3(C)SCCCS3)nc2-c2ccc(F)cc2)c1. The van der Waals surface area contributed by atoms with Crippen LogP contribution < -0.4 is 0 Å². The van der Waals surface area contributed by atoms with Gasteiger partial charge in [-0.25, -0.2) is 9.37 Å². The number of nitrogens with one attached hydrogen (secondary N) is 1. The molecule has 1 aliphatic rings. The second-order valence-electron chi connectivity index (χ2n) is 6.30. The second kappa shape index (κ2) is 6.82. The van der Waals surface area contributed by atoms with E-state index in [2.05, 4.69) is 30.3 Å². The molecule has 2 aromatic heterocycles. The lowest BCUT2D eigenvalue weighted by Gasteiger charge is -2.30. The highest BCUT2D eigenvalue weighted by molar-refractivity contribution is 8.18. The summed E-state index contributed by atoms with van der Waals surface area (Å²) >= 11 is 5.62. The molecular weight excluding hydrogens is 371 g/mol. The number of aromatic nitrogens is 2. The summed E-state index contributed by atoms with van der Waals surface area (Å²) in [6.07, 6.45) is 1.24. The predicted octanol–water partition coefficient (Wildman–Crippen LogP) is 6.30. The van der Waals surface area contributed by atoms with Gasteiger partial charge in [-0.1, -0.05) is 0 Å². The molecule has 0 bridgehead atoms. The number of rotatable bonds is 3. The summed E-state index contributed by atoms with van der Waals surface area (Å²) in [6, 6.07) is 8.79. The van der Waals surface area contributed by atoms with E-state index >= 15 is 0 Å². The van der Waals surface area contributed by atoms with Crippen LogP contribution in [0.15, 0.2) is 35.7 Å². The molecule has 2 nitrogen and oxygen atoms in total. The van der Waals surface area contributed by atoms with Crippen molar-refractivity contribution in [2.45, 2.75) is 24.3 Å². The van der Waals surface area contributed by atoms with Crippen LogP contribution in [0.1, 0.15) is 24.7 Å². The van der Waals surface area contributed by atoms with Gasteiger partial charge < -0.3 is 4.98 Å². The maximum absolute atomic E-state index is 13.4. The van der Waals surface area contributed by atoms with E-state index < -0.39 is 0 Å². The standard InChI is InChI=1S/C19H19FN2S3/c1-12-10-15(23-11-12)17-16(13-4-6-14(20)7-5-13)21-18(22-17)19(2)24-8-3-9-25-19/h4-7,10-11H,3,8-9H2,1-2H3,(H,21,22). The highest BCUT2D eigenvalue weighted by atomic mass is 32.2. The van der Waals surface area contributed by atoms with Crippen molar-refractivity contribution >= 4 is 34.9 Å². The first kappa shape index (κ1) is 17.2. The average Bonchev–Trinajstić information content (AvgIpc) is 3.23. The van der Waals surface area contributed by atoms with Crippen LogP contribution in [0, 0.1) is 12.7 Å². The molecule has 0 aliphatic carbocycles. The molecule has 1 N–H and O–H groups in total. The molecule has 3 aromatic rings. The van der Waals surface area contributed by atoms with E-state index in [0.29, 0.717) is 0 Å². The van der Waals surface area contributed by atoms with Crippen molar-refractivity contribution in [3.63, 3.8) is 0 Å². The fourth-order valence-electron chi connectivity index (χ4n) is 2.92.